The molecule has 0 atom stereocenters. The van der Waals surface area contributed by atoms with Gasteiger partial charge in [-0.1, -0.05) is 37.3 Å². The SMILES string of the molecule is CCN1CCN(c2ccccc2NC(=O)CCCOc2ccccc2)CC1. The van der Waals surface area contributed by atoms with Gasteiger partial charge in [-0.2, -0.15) is 0 Å². The number of benzene rings is 2. The van der Waals surface area contributed by atoms with Gasteiger partial charge in [-0.15, -0.1) is 0 Å². The van der Waals surface area contributed by atoms with Crippen LogP contribution < -0.4 is 15.0 Å². The lowest BCUT2D eigenvalue weighted by atomic mass is 10.2. The second kappa shape index (κ2) is 9.97. The van der Waals surface area contributed by atoms with Gasteiger partial charge in [0.05, 0.1) is 18.0 Å². The van der Waals surface area contributed by atoms with Gasteiger partial charge in [-0.25, -0.2) is 0 Å². The Balaban J connectivity index is 1.48. The topological polar surface area (TPSA) is 44.8 Å². The molecule has 1 amide bonds. The van der Waals surface area contributed by atoms with E-state index in [0.29, 0.717) is 19.4 Å². The number of hydrogen-bond donors (Lipinski definition) is 1. The summed E-state index contributed by atoms with van der Waals surface area (Å²) in [5.41, 5.74) is 2.01. The number of rotatable bonds is 8. The van der Waals surface area contributed by atoms with Crippen molar-refractivity contribution < 1.29 is 9.53 Å². The lowest BCUT2D eigenvalue weighted by Crippen LogP contribution is -2.46. The molecule has 0 spiro atoms. The van der Waals surface area contributed by atoms with Crippen molar-refractivity contribution in [2.45, 2.75) is 19.8 Å². The summed E-state index contributed by atoms with van der Waals surface area (Å²) < 4.78 is 5.65. The molecule has 1 saturated heterocycles. The fraction of sp³-hybridized carbons (Fsp3) is 0.409. The van der Waals surface area contributed by atoms with Crippen molar-refractivity contribution in [1.82, 2.24) is 4.90 Å². The quantitative estimate of drug-likeness (QED) is 0.724. The second-order valence-electron chi connectivity index (χ2n) is 6.75. The molecule has 1 fully saturated rings. The van der Waals surface area contributed by atoms with Gasteiger partial charge < -0.3 is 19.9 Å². The highest BCUT2D eigenvalue weighted by Crippen LogP contribution is 2.26. The lowest BCUT2D eigenvalue weighted by Gasteiger charge is -2.36. The fourth-order valence-electron chi connectivity index (χ4n) is 3.31. The largest absolute Gasteiger partial charge is 0.494 e. The normalized spacial score (nSPS) is 14.8. The highest BCUT2D eigenvalue weighted by atomic mass is 16.5. The van der Waals surface area contributed by atoms with Gasteiger partial charge in [0.15, 0.2) is 0 Å². The molecule has 0 unspecified atom stereocenters. The van der Waals surface area contributed by atoms with E-state index >= 15 is 0 Å². The van der Waals surface area contributed by atoms with Crippen LogP contribution in [0.15, 0.2) is 54.6 Å². The van der Waals surface area contributed by atoms with E-state index in [4.69, 9.17) is 4.74 Å². The van der Waals surface area contributed by atoms with E-state index < -0.39 is 0 Å². The molecular formula is C22H29N3O2. The Hall–Kier alpha value is -2.53. The molecule has 0 radical (unpaired) electrons. The minimum atomic E-state index is 0.0336. The summed E-state index contributed by atoms with van der Waals surface area (Å²) in [6.07, 6.45) is 1.14. The van der Waals surface area contributed by atoms with E-state index in [2.05, 4.69) is 28.1 Å². The molecule has 5 heteroatoms. The van der Waals surface area contributed by atoms with Crippen LogP contribution in [0.4, 0.5) is 11.4 Å². The third-order valence-electron chi connectivity index (χ3n) is 4.90. The third kappa shape index (κ3) is 5.73. The third-order valence-corrected chi connectivity index (χ3v) is 4.90. The van der Waals surface area contributed by atoms with Crippen molar-refractivity contribution in [3.8, 4) is 5.75 Å². The number of nitrogens with zero attached hydrogens (tertiary/aromatic N) is 2. The molecule has 27 heavy (non-hydrogen) atoms. The molecule has 0 aromatic heterocycles. The molecule has 2 aromatic carbocycles. The molecule has 1 N–H and O–H groups in total. The molecule has 5 nitrogen and oxygen atoms in total. The number of nitrogens with one attached hydrogen (secondary N) is 1. The molecule has 0 saturated carbocycles. The minimum Gasteiger partial charge on any atom is -0.494 e. The van der Waals surface area contributed by atoms with Gasteiger partial charge in [0.2, 0.25) is 5.91 Å². The van der Waals surface area contributed by atoms with E-state index in [0.717, 1.165) is 49.8 Å². The van der Waals surface area contributed by atoms with Crippen molar-refractivity contribution >= 4 is 17.3 Å². The minimum absolute atomic E-state index is 0.0336. The molecule has 1 heterocycles. The van der Waals surface area contributed by atoms with Gasteiger partial charge in [-0.3, -0.25) is 4.79 Å². The lowest BCUT2D eigenvalue weighted by molar-refractivity contribution is -0.116. The van der Waals surface area contributed by atoms with E-state index in [-0.39, 0.29) is 5.91 Å². The van der Waals surface area contributed by atoms with E-state index in [9.17, 15) is 4.79 Å². The van der Waals surface area contributed by atoms with Gasteiger partial charge in [0.25, 0.3) is 0 Å². The smallest absolute Gasteiger partial charge is 0.224 e. The van der Waals surface area contributed by atoms with E-state index in [1.807, 2.05) is 48.5 Å². The van der Waals surface area contributed by atoms with Crippen LogP contribution in [-0.2, 0) is 4.79 Å². The van der Waals surface area contributed by atoms with E-state index in [1.54, 1.807) is 0 Å². The molecule has 1 aliphatic rings. The van der Waals surface area contributed by atoms with Crippen molar-refractivity contribution in [3.63, 3.8) is 0 Å². The predicted molar refractivity (Wildman–Crippen MR) is 111 cm³/mol. The summed E-state index contributed by atoms with van der Waals surface area (Å²) in [6.45, 7) is 7.95. The Labute approximate surface area is 161 Å². The van der Waals surface area contributed by atoms with Crippen molar-refractivity contribution in [2.24, 2.45) is 0 Å². The maximum absolute atomic E-state index is 12.4. The van der Waals surface area contributed by atoms with Crippen LogP contribution in [0.1, 0.15) is 19.8 Å². The number of para-hydroxylation sites is 3. The van der Waals surface area contributed by atoms with Gasteiger partial charge in [0.1, 0.15) is 5.75 Å². The maximum atomic E-state index is 12.4. The van der Waals surface area contributed by atoms with Crippen LogP contribution in [0.3, 0.4) is 0 Å². The van der Waals surface area contributed by atoms with Crippen LogP contribution in [-0.4, -0.2) is 50.1 Å². The van der Waals surface area contributed by atoms with Crippen LogP contribution in [0.25, 0.3) is 0 Å². The van der Waals surface area contributed by atoms with Crippen LogP contribution in [0.5, 0.6) is 5.75 Å². The summed E-state index contributed by atoms with van der Waals surface area (Å²) in [7, 11) is 0. The van der Waals surface area contributed by atoms with Crippen molar-refractivity contribution in [2.75, 3.05) is 49.5 Å². The average Bonchev–Trinajstić information content (AvgIpc) is 2.72. The Bertz CT molecular complexity index is 713. The van der Waals surface area contributed by atoms with Crippen molar-refractivity contribution in [3.05, 3.63) is 54.6 Å². The highest BCUT2D eigenvalue weighted by Gasteiger charge is 2.18. The first kappa shape index (κ1) is 19.2. The van der Waals surface area contributed by atoms with Gasteiger partial charge >= 0.3 is 0 Å². The van der Waals surface area contributed by atoms with Gasteiger partial charge in [0, 0.05) is 32.6 Å². The number of amides is 1. The van der Waals surface area contributed by atoms with Crippen molar-refractivity contribution in [1.29, 1.82) is 0 Å². The zero-order valence-electron chi connectivity index (χ0n) is 16.1. The highest BCUT2D eigenvalue weighted by molar-refractivity contribution is 5.94. The van der Waals surface area contributed by atoms with Crippen LogP contribution in [0, 0.1) is 0 Å². The summed E-state index contributed by atoms with van der Waals surface area (Å²) >= 11 is 0. The molecule has 1 aliphatic heterocycles. The standard InChI is InChI=1S/C22H29N3O2/c1-2-24-14-16-25(17-15-24)21-12-7-6-11-20(21)23-22(26)13-8-18-27-19-9-4-3-5-10-19/h3-7,9-12H,2,8,13-18H2,1H3,(H,23,26). The fourth-order valence-corrected chi connectivity index (χ4v) is 3.31. The average molecular weight is 367 g/mol. The Kier molecular flexibility index (Phi) is 7.11. The summed E-state index contributed by atoms with van der Waals surface area (Å²) in [5.74, 6) is 0.876. The molecule has 144 valence electrons. The second-order valence-corrected chi connectivity index (χ2v) is 6.75. The van der Waals surface area contributed by atoms with E-state index in [1.165, 1.54) is 0 Å². The first-order valence-electron chi connectivity index (χ1n) is 9.80. The summed E-state index contributed by atoms with van der Waals surface area (Å²) in [6, 6.07) is 17.8. The first-order chi connectivity index (χ1) is 13.3. The zero-order chi connectivity index (χ0) is 18.9. The monoisotopic (exact) mass is 367 g/mol. The number of likely N-dealkylation sites (N-methyl/N-ethyl adjacent to an activating group) is 1. The van der Waals surface area contributed by atoms with Gasteiger partial charge in [-0.05, 0) is 37.2 Å². The molecule has 0 aliphatic carbocycles. The Morgan fingerprint density at radius 3 is 2.44 bits per heavy atom. The summed E-state index contributed by atoms with van der Waals surface area (Å²) in [5, 5.41) is 3.08. The maximum Gasteiger partial charge on any atom is 0.224 e. The zero-order valence-corrected chi connectivity index (χ0v) is 16.1. The molecule has 2 aromatic rings. The number of carbonyl (C=O) groups is 1. The van der Waals surface area contributed by atoms with Crippen LogP contribution >= 0.6 is 0 Å². The van der Waals surface area contributed by atoms with Crippen LogP contribution in [0.2, 0.25) is 0 Å². The molecule has 0 bridgehead atoms. The number of ether oxygens (including phenoxy) is 1. The Morgan fingerprint density at radius 2 is 1.70 bits per heavy atom. The molecule has 3 rings (SSSR count). The number of carbonyl (C=O) groups excluding carboxylic acids is 1. The summed E-state index contributed by atoms with van der Waals surface area (Å²) in [4.78, 5) is 17.2. The molecular weight excluding hydrogens is 338 g/mol. The predicted octanol–water partition coefficient (Wildman–Crippen LogP) is 3.63. The number of anilines is 2. The number of hydrogen-bond acceptors (Lipinski definition) is 4. The Morgan fingerprint density at radius 1 is 1.00 bits per heavy atom. The number of piperazine rings is 1. The first-order valence-corrected chi connectivity index (χ1v) is 9.80.